The molecule has 1 atom stereocenters. The number of nitrogens with one attached hydrogen (secondary N) is 1. The number of ether oxygens (including phenoxy) is 2. The first-order chi connectivity index (χ1) is 14.6. The number of methoxy groups -OCH3 is 1. The van der Waals surface area contributed by atoms with Gasteiger partial charge in [0.25, 0.3) is 0 Å². The van der Waals surface area contributed by atoms with Crippen LogP contribution in [0.4, 0.5) is 22.0 Å². The second kappa shape index (κ2) is 7.56. The van der Waals surface area contributed by atoms with E-state index >= 15 is 0 Å². The minimum absolute atomic E-state index is 0.231. The van der Waals surface area contributed by atoms with Gasteiger partial charge in [-0.3, -0.25) is 0 Å². The number of aromatic nitrogens is 3. The van der Waals surface area contributed by atoms with Gasteiger partial charge in [0, 0.05) is 49.0 Å². The van der Waals surface area contributed by atoms with E-state index in [4.69, 9.17) is 14.0 Å². The molecule has 1 unspecified atom stereocenters. The van der Waals surface area contributed by atoms with Crippen LogP contribution in [-0.4, -0.2) is 48.5 Å². The normalized spacial score (nSPS) is 20.8. The Kier molecular flexibility index (Phi) is 4.74. The van der Waals surface area contributed by atoms with Crippen molar-refractivity contribution in [3.8, 4) is 17.0 Å². The molecule has 9 heteroatoms. The van der Waals surface area contributed by atoms with Crippen molar-refractivity contribution in [2.24, 2.45) is 5.41 Å². The Morgan fingerprint density at radius 3 is 2.97 bits per heavy atom. The van der Waals surface area contributed by atoms with Crippen molar-refractivity contribution < 1.29 is 18.4 Å². The van der Waals surface area contributed by atoms with E-state index in [0.29, 0.717) is 34.7 Å². The lowest BCUT2D eigenvalue weighted by Crippen LogP contribution is -2.28. The molecule has 156 valence electrons. The van der Waals surface area contributed by atoms with Gasteiger partial charge in [0.05, 0.1) is 13.7 Å². The molecule has 30 heavy (non-hydrogen) atoms. The Balaban J connectivity index is 1.31. The van der Waals surface area contributed by atoms with Gasteiger partial charge in [-0.15, -0.1) is 0 Å². The third-order valence-electron chi connectivity index (χ3n) is 5.76. The summed E-state index contributed by atoms with van der Waals surface area (Å²) in [4.78, 5) is 11.2. The summed E-state index contributed by atoms with van der Waals surface area (Å²) in [6.45, 7) is 3.46. The number of benzene rings is 1. The summed E-state index contributed by atoms with van der Waals surface area (Å²) in [7, 11) is 1.49. The Morgan fingerprint density at radius 1 is 1.23 bits per heavy atom. The van der Waals surface area contributed by atoms with Crippen molar-refractivity contribution in [1.29, 1.82) is 0 Å². The lowest BCUT2D eigenvalue weighted by atomic mass is 9.87. The molecule has 2 aliphatic rings. The zero-order chi connectivity index (χ0) is 20.6. The zero-order valence-electron chi connectivity index (χ0n) is 16.6. The first kappa shape index (κ1) is 18.8. The third-order valence-corrected chi connectivity index (χ3v) is 5.76. The molecule has 2 aliphatic heterocycles. The molecule has 0 aliphatic carbocycles. The summed E-state index contributed by atoms with van der Waals surface area (Å²) < 4.78 is 30.2. The van der Waals surface area contributed by atoms with Gasteiger partial charge in [0.15, 0.2) is 0 Å². The highest BCUT2D eigenvalue weighted by Gasteiger charge is 2.42. The van der Waals surface area contributed by atoms with Crippen LogP contribution in [0.2, 0.25) is 0 Å². The van der Waals surface area contributed by atoms with E-state index in [1.807, 2.05) is 0 Å². The van der Waals surface area contributed by atoms with Crippen LogP contribution < -0.4 is 15.0 Å². The van der Waals surface area contributed by atoms with E-state index in [1.54, 1.807) is 30.5 Å². The van der Waals surface area contributed by atoms with Gasteiger partial charge in [-0.2, -0.15) is 4.98 Å². The first-order valence-corrected chi connectivity index (χ1v) is 9.88. The summed E-state index contributed by atoms with van der Waals surface area (Å²) in [5.74, 6) is 1.63. The summed E-state index contributed by atoms with van der Waals surface area (Å²) in [5, 5.41) is 7.04. The smallest absolute Gasteiger partial charge is 0.230 e. The van der Waals surface area contributed by atoms with Crippen LogP contribution in [-0.2, 0) is 4.74 Å². The average molecular weight is 411 g/mol. The maximum atomic E-state index is 14.3. The molecule has 4 heterocycles. The number of nitrogens with zero attached hydrogens (tertiary/aromatic N) is 4. The Bertz CT molecular complexity index is 1050. The fourth-order valence-corrected chi connectivity index (χ4v) is 4.07. The molecule has 1 spiro atoms. The molecule has 0 bridgehead atoms. The Labute approximate surface area is 173 Å². The maximum Gasteiger partial charge on any atom is 0.230 e. The van der Waals surface area contributed by atoms with Gasteiger partial charge in [0.2, 0.25) is 11.8 Å². The van der Waals surface area contributed by atoms with Gasteiger partial charge in [-0.05, 0) is 31.0 Å². The molecule has 0 saturated carbocycles. The highest BCUT2D eigenvalue weighted by molar-refractivity contribution is 5.65. The monoisotopic (exact) mass is 411 g/mol. The number of halogens is 1. The molecule has 2 fully saturated rings. The molecule has 2 saturated heterocycles. The van der Waals surface area contributed by atoms with Crippen molar-refractivity contribution in [2.75, 3.05) is 43.6 Å². The van der Waals surface area contributed by atoms with E-state index in [1.165, 1.54) is 13.2 Å². The number of hydrogen-bond acceptors (Lipinski definition) is 8. The quantitative estimate of drug-likeness (QED) is 0.681. The van der Waals surface area contributed by atoms with Crippen LogP contribution in [0.3, 0.4) is 0 Å². The second-order valence-electron chi connectivity index (χ2n) is 7.76. The van der Waals surface area contributed by atoms with Crippen molar-refractivity contribution >= 4 is 17.7 Å². The lowest BCUT2D eigenvalue weighted by Gasteiger charge is -2.22. The SMILES string of the molecule is COc1ccc(-c2cc(Nc3ccnc(N4CCC5(CCOC5)C4)n3)on2)c(F)c1. The predicted molar refractivity (Wildman–Crippen MR) is 108 cm³/mol. The molecular weight excluding hydrogens is 389 g/mol. The molecule has 1 N–H and O–H groups in total. The summed E-state index contributed by atoms with van der Waals surface area (Å²) in [6.07, 6.45) is 3.89. The van der Waals surface area contributed by atoms with Crippen molar-refractivity contribution in [1.82, 2.24) is 15.1 Å². The first-order valence-electron chi connectivity index (χ1n) is 9.88. The molecule has 5 rings (SSSR count). The highest BCUT2D eigenvalue weighted by Crippen LogP contribution is 2.39. The molecule has 1 aromatic carbocycles. The molecule has 0 amide bonds. The largest absolute Gasteiger partial charge is 0.497 e. The van der Waals surface area contributed by atoms with E-state index < -0.39 is 5.82 Å². The second-order valence-corrected chi connectivity index (χ2v) is 7.76. The molecular formula is C21H22FN5O3. The van der Waals surface area contributed by atoms with Crippen molar-refractivity contribution in [3.63, 3.8) is 0 Å². The van der Waals surface area contributed by atoms with Crippen LogP contribution in [0.1, 0.15) is 12.8 Å². The van der Waals surface area contributed by atoms with Gasteiger partial charge >= 0.3 is 0 Å². The van der Waals surface area contributed by atoms with Gasteiger partial charge < -0.3 is 24.2 Å². The predicted octanol–water partition coefficient (Wildman–Crippen LogP) is 3.64. The van der Waals surface area contributed by atoms with Crippen LogP contribution in [0.15, 0.2) is 41.1 Å². The molecule has 3 aromatic rings. The molecule has 2 aromatic heterocycles. The van der Waals surface area contributed by atoms with Crippen LogP contribution in [0.5, 0.6) is 5.75 Å². The molecule has 0 radical (unpaired) electrons. The fourth-order valence-electron chi connectivity index (χ4n) is 4.07. The Hall–Kier alpha value is -3.20. The summed E-state index contributed by atoms with van der Waals surface area (Å²) in [6, 6.07) is 7.98. The lowest BCUT2D eigenvalue weighted by molar-refractivity contribution is 0.160. The van der Waals surface area contributed by atoms with E-state index in [0.717, 1.165) is 39.1 Å². The van der Waals surface area contributed by atoms with Crippen molar-refractivity contribution in [2.45, 2.75) is 12.8 Å². The van der Waals surface area contributed by atoms with Gasteiger partial charge in [0.1, 0.15) is 23.1 Å². The number of hydrogen-bond donors (Lipinski definition) is 1. The van der Waals surface area contributed by atoms with Gasteiger partial charge in [-0.25, -0.2) is 9.37 Å². The van der Waals surface area contributed by atoms with E-state index in [9.17, 15) is 4.39 Å². The third kappa shape index (κ3) is 3.56. The maximum absolute atomic E-state index is 14.3. The zero-order valence-corrected chi connectivity index (χ0v) is 16.6. The number of rotatable bonds is 5. The van der Waals surface area contributed by atoms with Crippen LogP contribution in [0.25, 0.3) is 11.3 Å². The van der Waals surface area contributed by atoms with E-state index in [2.05, 4.69) is 25.3 Å². The van der Waals surface area contributed by atoms with Crippen LogP contribution in [0, 0.1) is 11.2 Å². The van der Waals surface area contributed by atoms with Crippen molar-refractivity contribution in [3.05, 3.63) is 42.3 Å². The van der Waals surface area contributed by atoms with Crippen LogP contribution >= 0.6 is 0 Å². The molecule has 8 nitrogen and oxygen atoms in total. The van der Waals surface area contributed by atoms with Gasteiger partial charge in [-0.1, -0.05) is 5.16 Å². The fraction of sp³-hybridized carbons (Fsp3) is 0.381. The van der Waals surface area contributed by atoms with E-state index in [-0.39, 0.29) is 5.41 Å². The highest BCUT2D eigenvalue weighted by atomic mass is 19.1. The average Bonchev–Trinajstić information content (AvgIpc) is 3.51. The minimum atomic E-state index is -0.433. The number of anilines is 3. The minimum Gasteiger partial charge on any atom is -0.497 e. The summed E-state index contributed by atoms with van der Waals surface area (Å²) >= 11 is 0. The summed E-state index contributed by atoms with van der Waals surface area (Å²) in [5.41, 5.74) is 0.946. The Morgan fingerprint density at radius 2 is 2.17 bits per heavy atom. The topological polar surface area (TPSA) is 85.5 Å². The standard InChI is InChI=1S/C21H22FN5O3/c1-28-14-2-3-15(16(22)10-14)17-11-19(30-26-17)24-18-4-7-23-20(25-18)27-8-5-21(12-27)6-9-29-13-21/h2-4,7,10-11H,5-6,8-9,12-13H2,1H3,(H,23,24,25).